The predicted molar refractivity (Wildman–Crippen MR) is 48.8 cm³/mol. The van der Waals surface area contributed by atoms with Crippen LogP contribution in [0.15, 0.2) is 0 Å². The molecule has 1 saturated heterocycles. The van der Waals surface area contributed by atoms with Crippen LogP contribution >= 0.6 is 0 Å². The second kappa shape index (κ2) is 3.75. The lowest BCUT2D eigenvalue weighted by Crippen LogP contribution is -2.40. The Morgan fingerprint density at radius 1 is 1.25 bits per heavy atom. The molecule has 0 radical (unpaired) electrons. The number of rotatable bonds is 2. The van der Waals surface area contributed by atoms with E-state index in [1.54, 1.807) is 0 Å². The maximum absolute atomic E-state index is 5.69. The van der Waals surface area contributed by atoms with Crippen molar-refractivity contribution in [3.8, 4) is 0 Å². The van der Waals surface area contributed by atoms with Crippen molar-refractivity contribution >= 4 is 0 Å². The molecule has 1 saturated carbocycles. The van der Waals surface area contributed by atoms with Crippen LogP contribution in [0.5, 0.6) is 0 Å². The van der Waals surface area contributed by atoms with Gasteiger partial charge in [0, 0.05) is 13.2 Å². The predicted octanol–water partition coefficient (Wildman–Crippen LogP) is 1.40. The first-order valence-electron chi connectivity index (χ1n) is 5.19. The van der Waals surface area contributed by atoms with Crippen molar-refractivity contribution in [3.63, 3.8) is 0 Å². The molecule has 3 unspecified atom stereocenters. The molecule has 1 heterocycles. The standard InChI is InChI=1S/C10H19NO/c11-6-8-3-4-10(8)9-2-1-5-12-7-9/h8-10H,1-7,11H2. The minimum Gasteiger partial charge on any atom is -0.381 e. The zero-order valence-corrected chi connectivity index (χ0v) is 7.67. The Kier molecular flexibility index (Phi) is 2.66. The van der Waals surface area contributed by atoms with Gasteiger partial charge in [-0.1, -0.05) is 0 Å². The van der Waals surface area contributed by atoms with Crippen LogP contribution in [0.1, 0.15) is 25.7 Å². The van der Waals surface area contributed by atoms with Crippen molar-refractivity contribution in [1.29, 1.82) is 0 Å². The topological polar surface area (TPSA) is 35.2 Å². The monoisotopic (exact) mass is 169 g/mol. The third-order valence-corrected chi connectivity index (χ3v) is 3.58. The lowest BCUT2D eigenvalue weighted by Gasteiger charge is -2.42. The van der Waals surface area contributed by atoms with Crippen LogP contribution in [0.3, 0.4) is 0 Å². The Balaban J connectivity index is 1.82. The molecule has 0 amide bonds. The van der Waals surface area contributed by atoms with Gasteiger partial charge in [-0.25, -0.2) is 0 Å². The summed E-state index contributed by atoms with van der Waals surface area (Å²) in [5.74, 6) is 2.55. The summed E-state index contributed by atoms with van der Waals surface area (Å²) in [7, 11) is 0. The summed E-state index contributed by atoms with van der Waals surface area (Å²) in [6.45, 7) is 2.87. The molecule has 2 fully saturated rings. The number of nitrogens with two attached hydrogens (primary N) is 1. The lowest BCUT2D eigenvalue weighted by atomic mass is 9.66. The molecule has 0 spiro atoms. The molecule has 3 atom stereocenters. The highest BCUT2D eigenvalue weighted by Gasteiger charge is 2.36. The van der Waals surface area contributed by atoms with Gasteiger partial charge in [0.15, 0.2) is 0 Å². The van der Waals surface area contributed by atoms with Gasteiger partial charge in [0.05, 0.1) is 0 Å². The molecule has 1 aliphatic heterocycles. The molecule has 2 aliphatic rings. The molecule has 0 bridgehead atoms. The summed E-state index contributed by atoms with van der Waals surface area (Å²) in [6, 6.07) is 0. The van der Waals surface area contributed by atoms with Crippen LogP contribution in [0.25, 0.3) is 0 Å². The number of hydrogen-bond acceptors (Lipinski definition) is 2. The van der Waals surface area contributed by atoms with E-state index in [0.717, 1.165) is 37.5 Å². The molecule has 0 aromatic carbocycles. The van der Waals surface area contributed by atoms with E-state index in [0.29, 0.717) is 0 Å². The maximum atomic E-state index is 5.69. The molecule has 70 valence electrons. The fraction of sp³-hybridized carbons (Fsp3) is 1.00. The fourth-order valence-electron chi connectivity index (χ4n) is 2.61. The molecule has 0 aromatic heterocycles. The van der Waals surface area contributed by atoms with Crippen molar-refractivity contribution in [1.82, 2.24) is 0 Å². The Labute approximate surface area is 74.5 Å². The first-order chi connectivity index (χ1) is 5.92. The van der Waals surface area contributed by atoms with E-state index in [1.165, 1.54) is 25.7 Å². The highest BCUT2D eigenvalue weighted by atomic mass is 16.5. The molecular formula is C10H19NO. The Morgan fingerprint density at radius 3 is 2.67 bits per heavy atom. The van der Waals surface area contributed by atoms with Crippen LogP contribution in [0.2, 0.25) is 0 Å². The molecule has 2 rings (SSSR count). The van der Waals surface area contributed by atoms with Gasteiger partial charge in [-0.2, -0.15) is 0 Å². The van der Waals surface area contributed by atoms with E-state index in [1.807, 2.05) is 0 Å². The van der Waals surface area contributed by atoms with E-state index >= 15 is 0 Å². The average Bonchev–Trinajstić information content (AvgIpc) is 2.05. The molecule has 2 heteroatoms. The summed E-state index contributed by atoms with van der Waals surface area (Å²) >= 11 is 0. The van der Waals surface area contributed by atoms with Gasteiger partial charge in [0.1, 0.15) is 0 Å². The SMILES string of the molecule is NCC1CCC1C1CCCOC1. The molecule has 12 heavy (non-hydrogen) atoms. The van der Waals surface area contributed by atoms with Crippen molar-refractivity contribution in [2.45, 2.75) is 25.7 Å². The highest BCUT2D eigenvalue weighted by molar-refractivity contribution is 4.87. The van der Waals surface area contributed by atoms with Crippen LogP contribution in [-0.2, 0) is 4.74 Å². The summed E-state index contributed by atoms with van der Waals surface area (Å²) in [4.78, 5) is 0. The summed E-state index contributed by atoms with van der Waals surface area (Å²) in [5.41, 5.74) is 5.69. The maximum Gasteiger partial charge on any atom is 0.0497 e. The summed E-state index contributed by atoms with van der Waals surface area (Å²) < 4.78 is 5.49. The zero-order valence-electron chi connectivity index (χ0n) is 7.67. The highest BCUT2D eigenvalue weighted by Crippen LogP contribution is 2.41. The van der Waals surface area contributed by atoms with Crippen LogP contribution in [0.4, 0.5) is 0 Å². The van der Waals surface area contributed by atoms with Gasteiger partial charge in [-0.3, -0.25) is 0 Å². The van der Waals surface area contributed by atoms with Gasteiger partial charge >= 0.3 is 0 Å². The molecule has 2 nitrogen and oxygen atoms in total. The van der Waals surface area contributed by atoms with Crippen molar-refractivity contribution in [3.05, 3.63) is 0 Å². The molecule has 0 aromatic rings. The minimum atomic E-state index is 0.816. The second-order valence-electron chi connectivity index (χ2n) is 4.21. The van der Waals surface area contributed by atoms with Crippen molar-refractivity contribution in [2.24, 2.45) is 23.5 Å². The first-order valence-corrected chi connectivity index (χ1v) is 5.19. The van der Waals surface area contributed by atoms with E-state index < -0.39 is 0 Å². The van der Waals surface area contributed by atoms with Crippen LogP contribution in [-0.4, -0.2) is 19.8 Å². The smallest absolute Gasteiger partial charge is 0.0497 e. The number of hydrogen-bond donors (Lipinski definition) is 1. The number of ether oxygens (including phenoxy) is 1. The van der Waals surface area contributed by atoms with Gasteiger partial charge in [-0.05, 0) is 50.0 Å². The average molecular weight is 169 g/mol. The Morgan fingerprint density at radius 2 is 2.17 bits per heavy atom. The molecule has 1 aliphatic carbocycles. The largest absolute Gasteiger partial charge is 0.381 e. The lowest BCUT2D eigenvalue weighted by molar-refractivity contribution is -0.0118. The summed E-state index contributed by atoms with van der Waals surface area (Å²) in [6.07, 6.45) is 5.40. The van der Waals surface area contributed by atoms with Crippen LogP contribution < -0.4 is 5.73 Å². The van der Waals surface area contributed by atoms with E-state index in [4.69, 9.17) is 10.5 Å². The summed E-state index contributed by atoms with van der Waals surface area (Å²) in [5, 5.41) is 0. The van der Waals surface area contributed by atoms with Gasteiger partial charge in [-0.15, -0.1) is 0 Å². The second-order valence-corrected chi connectivity index (χ2v) is 4.21. The van der Waals surface area contributed by atoms with Crippen molar-refractivity contribution < 1.29 is 4.74 Å². The van der Waals surface area contributed by atoms with E-state index in [9.17, 15) is 0 Å². The molecule has 2 N–H and O–H groups in total. The Hall–Kier alpha value is -0.0800. The van der Waals surface area contributed by atoms with E-state index in [-0.39, 0.29) is 0 Å². The third kappa shape index (κ3) is 1.50. The first kappa shape index (κ1) is 8.52. The quantitative estimate of drug-likeness (QED) is 0.678. The van der Waals surface area contributed by atoms with Gasteiger partial charge in [0.25, 0.3) is 0 Å². The van der Waals surface area contributed by atoms with E-state index in [2.05, 4.69) is 0 Å². The third-order valence-electron chi connectivity index (χ3n) is 3.58. The zero-order chi connectivity index (χ0) is 8.39. The van der Waals surface area contributed by atoms with Crippen LogP contribution in [0, 0.1) is 17.8 Å². The fourth-order valence-corrected chi connectivity index (χ4v) is 2.61. The van der Waals surface area contributed by atoms with Crippen molar-refractivity contribution in [2.75, 3.05) is 19.8 Å². The Bertz CT molecular complexity index is 141. The van der Waals surface area contributed by atoms with Gasteiger partial charge in [0.2, 0.25) is 0 Å². The molecular weight excluding hydrogens is 150 g/mol. The minimum absolute atomic E-state index is 0.816. The normalized spacial score (nSPS) is 42.2. The van der Waals surface area contributed by atoms with Gasteiger partial charge < -0.3 is 10.5 Å².